The lowest BCUT2D eigenvalue weighted by Gasteiger charge is -2.39. The van der Waals surface area contributed by atoms with Crippen LogP contribution in [-0.4, -0.2) is 54.7 Å². The highest BCUT2D eigenvalue weighted by Gasteiger charge is 2.34. The molecule has 164 valence electrons. The van der Waals surface area contributed by atoms with Gasteiger partial charge in [0.25, 0.3) is 10.0 Å². The van der Waals surface area contributed by atoms with E-state index >= 15 is 0 Å². The molecule has 3 atom stereocenters. The van der Waals surface area contributed by atoms with Gasteiger partial charge in [0.05, 0.1) is 16.8 Å². The predicted octanol–water partition coefficient (Wildman–Crippen LogP) is 3.53. The molecule has 1 aliphatic heterocycles. The van der Waals surface area contributed by atoms with Crippen LogP contribution >= 0.6 is 22.9 Å². The van der Waals surface area contributed by atoms with Gasteiger partial charge in [0.15, 0.2) is 5.13 Å². The highest BCUT2D eigenvalue weighted by Crippen LogP contribution is 2.33. The first-order chi connectivity index (χ1) is 14.3. The Bertz CT molecular complexity index is 990. The summed E-state index contributed by atoms with van der Waals surface area (Å²) in [6, 6.07) is 2.55. The summed E-state index contributed by atoms with van der Waals surface area (Å²) >= 11 is 7.45. The predicted molar refractivity (Wildman–Crippen MR) is 116 cm³/mol. The summed E-state index contributed by atoms with van der Waals surface area (Å²) in [4.78, 5) is 5.63. The number of hydrogen-bond acceptors (Lipinski definition) is 7. The van der Waals surface area contributed by atoms with Crippen LogP contribution in [0.3, 0.4) is 0 Å². The fourth-order valence-corrected chi connectivity index (χ4v) is 6.43. The number of aliphatic hydroxyl groups excluding tert-OH is 1. The molecule has 30 heavy (non-hydrogen) atoms. The number of anilines is 2. The minimum Gasteiger partial charge on any atom is -0.392 e. The molecule has 3 N–H and O–H groups in total. The average Bonchev–Trinajstić information content (AvgIpc) is 3.36. The molecule has 0 amide bonds. The summed E-state index contributed by atoms with van der Waals surface area (Å²) in [6.45, 7) is 1.48. The summed E-state index contributed by atoms with van der Waals surface area (Å²) in [5, 5.41) is 15.1. The highest BCUT2D eigenvalue weighted by atomic mass is 35.5. The number of β-amino-alcohol motifs (C(OH)–C–C–N with tert-alkyl or cyclic N) is 1. The van der Waals surface area contributed by atoms with E-state index in [-0.39, 0.29) is 28.3 Å². The van der Waals surface area contributed by atoms with Gasteiger partial charge >= 0.3 is 0 Å². The van der Waals surface area contributed by atoms with Crippen molar-refractivity contribution in [2.24, 2.45) is 0 Å². The van der Waals surface area contributed by atoms with Crippen LogP contribution in [0.1, 0.15) is 32.1 Å². The lowest BCUT2D eigenvalue weighted by Crippen LogP contribution is -2.48. The quantitative estimate of drug-likeness (QED) is 0.593. The standard InChI is InChI=1S/C19H24ClFN4O3S2/c20-13-9-18(30(27,28)24-19-22-6-8-29-19)14(21)10-16(13)23-15-3-1-2-4-17(15)25-7-5-12(26)11-25/h6,8-10,12,15,17,23,26H,1-5,7,11H2,(H,22,24)/t12-,15?,17+/m1/s1. The second-order valence-electron chi connectivity index (χ2n) is 7.75. The van der Waals surface area contributed by atoms with E-state index in [9.17, 15) is 17.9 Å². The number of likely N-dealkylation sites (tertiary alicyclic amines) is 1. The maximum atomic E-state index is 14.8. The maximum Gasteiger partial charge on any atom is 0.266 e. The van der Waals surface area contributed by atoms with Crippen molar-refractivity contribution in [1.82, 2.24) is 9.88 Å². The largest absolute Gasteiger partial charge is 0.392 e. The first-order valence-corrected chi connectivity index (χ1v) is 12.7. The van der Waals surface area contributed by atoms with Gasteiger partial charge in [-0.3, -0.25) is 9.62 Å². The maximum absolute atomic E-state index is 14.8. The van der Waals surface area contributed by atoms with Crippen molar-refractivity contribution >= 4 is 43.8 Å². The van der Waals surface area contributed by atoms with Crippen molar-refractivity contribution in [3.05, 3.63) is 34.5 Å². The minimum absolute atomic E-state index is 0.0526. The smallest absolute Gasteiger partial charge is 0.266 e. The van der Waals surface area contributed by atoms with Crippen molar-refractivity contribution in [3.63, 3.8) is 0 Å². The summed E-state index contributed by atoms with van der Waals surface area (Å²) in [7, 11) is -4.14. The van der Waals surface area contributed by atoms with Crippen molar-refractivity contribution in [2.75, 3.05) is 23.1 Å². The Balaban J connectivity index is 1.54. The topological polar surface area (TPSA) is 94.6 Å². The molecule has 1 aliphatic carbocycles. The molecule has 1 saturated carbocycles. The van der Waals surface area contributed by atoms with Gasteiger partial charge < -0.3 is 10.4 Å². The molecule has 4 rings (SSSR count). The Morgan fingerprint density at radius 3 is 2.77 bits per heavy atom. The van der Waals surface area contributed by atoms with E-state index in [0.29, 0.717) is 12.2 Å². The molecule has 1 unspecified atom stereocenters. The van der Waals surface area contributed by atoms with Gasteiger partial charge in [0.2, 0.25) is 0 Å². The number of halogens is 2. The second kappa shape index (κ2) is 8.96. The summed E-state index contributed by atoms with van der Waals surface area (Å²) in [6.07, 6.45) is 5.97. The van der Waals surface area contributed by atoms with Crippen LogP contribution in [-0.2, 0) is 10.0 Å². The number of aliphatic hydroxyl groups is 1. The monoisotopic (exact) mass is 474 g/mol. The molecule has 0 spiro atoms. The van der Waals surface area contributed by atoms with Crippen molar-refractivity contribution in [2.45, 2.75) is 55.2 Å². The second-order valence-corrected chi connectivity index (χ2v) is 10.7. The molecule has 7 nitrogen and oxygen atoms in total. The molecule has 2 aliphatic rings. The third kappa shape index (κ3) is 4.72. The zero-order valence-corrected chi connectivity index (χ0v) is 18.6. The Hall–Kier alpha value is -1.46. The summed E-state index contributed by atoms with van der Waals surface area (Å²) in [5.74, 6) is -0.880. The molecule has 1 aromatic carbocycles. The van der Waals surface area contributed by atoms with Gasteiger partial charge in [0, 0.05) is 36.8 Å². The molecular weight excluding hydrogens is 451 g/mol. The lowest BCUT2D eigenvalue weighted by molar-refractivity contribution is 0.135. The van der Waals surface area contributed by atoms with Crippen LogP contribution in [0, 0.1) is 5.82 Å². The third-order valence-corrected chi connectivity index (χ3v) is 8.18. The van der Waals surface area contributed by atoms with Crippen LogP contribution < -0.4 is 10.0 Å². The van der Waals surface area contributed by atoms with Crippen LogP contribution in [0.4, 0.5) is 15.2 Å². The zero-order valence-electron chi connectivity index (χ0n) is 16.2. The molecule has 0 bridgehead atoms. The van der Waals surface area contributed by atoms with Gasteiger partial charge in [0.1, 0.15) is 10.7 Å². The molecule has 11 heteroatoms. The molecular formula is C19H24ClFN4O3S2. The van der Waals surface area contributed by atoms with Gasteiger partial charge in [-0.15, -0.1) is 11.3 Å². The number of sulfonamides is 1. The van der Waals surface area contributed by atoms with E-state index in [4.69, 9.17) is 11.6 Å². The number of thiazole rings is 1. The van der Waals surface area contributed by atoms with Crippen LogP contribution in [0.2, 0.25) is 5.02 Å². The van der Waals surface area contributed by atoms with E-state index < -0.39 is 20.7 Å². The van der Waals surface area contributed by atoms with Crippen molar-refractivity contribution in [1.29, 1.82) is 0 Å². The Morgan fingerprint density at radius 2 is 2.07 bits per heavy atom. The van der Waals surface area contributed by atoms with E-state index in [2.05, 4.69) is 19.9 Å². The Morgan fingerprint density at radius 1 is 1.27 bits per heavy atom. The van der Waals surface area contributed by atoms with E-state index in [0.717, 1.165) is 62.1 Å². The molecule has 1 aromatic heterocycles. The fourth-order valence-electron chi connectivity index (χ4n) is 4.27. The number of aromatic nitrogens is 1. The van der Waals surface area contributed by atoms with Gasteiger partial charge in [-0.25, -0.2) is 17.8 Å². The molecule has 0 radical (unpaired) electrons. The summed E-state index contributed by atoms with van der Waals surface area (Å²) < 4.78 is 42.1. The molecule has 1 saturated heterocycles. The fraction of sp³-hybridized carbons (Fsp3) is 0.526. The molecule has 2 aromatic rings. The minimum atomic E-state index is -4.14. The van der Waals surface area contributed by atoms with Gasteiger partial charge in [-0.1, -0.05) is 24.4 Å². The Kier molecular flexibility index (Phi) is 6.50. The molecule has 2 heterocycles. The summed E-state index contributed by atoms with van der Waals surface area (Å²) in [5.41, 5.74) is 0.374. The number of benzene rings is 1. The van der Waals surface area contributed by atoms with E-state index in [1.54, 1.807) is 5.38 Å². The zero-order chi connectivity index (χ0) is 21.3. The van der Waals surface area contributed by atoms with Crippen LogP contribution in [0.15, 0.2) is 28.6 Å². The van der Waals surface area contributed by atoms with Crippen LogP contribution in [0.25, 0.3) is 0 Å². The normalized spacial score (nSPS) is 25.4. The van der Waals surface area contributed by atoms with E-state index in [1.807, 2.05) is 0 Å². The Labute approximate surface area is 184 Å². The highest BCUT2D eigenvalue weighted by molar-refractivity contribution is 7.93. The SMILES string of the molecule is O=S(=O)(Nc1nccs1)c1cc(Cl)c(NC2CCCC[C@@H]2N2CC[C@@H](O)C2)cc1F. The van der Waals surface area contributed by atoms with Crippen LogP contribution in [0.5, 0.6) is 0 Å². The van der Waals surface area contributed by atoms with Crippen molar-refractivity contribution < 1.29 is 17.9 Å². The van der Waals surface area contributed by atoms with E-state index in [1.165, 1.54) is 6.20 Å². The first-order valence-electron chi connectivity index (χ1n) is 9.93. The third-order valence-electron chi connectivity index (χ3n) is 5.70. The number of rotatable bonds is 6. The van der Waals surface area contributed by atoms with Gasteiger partial charge in [-0.2, -0.15) is 0 Å². The number of hydrogen-bond donors (Lipinski definition) is 3. The first kappa shape index (κ1) is 21.8. The lowest BCUT2D eigenvalue weighted by atomic mass is 9.89. The number of nitrogens with one attached hydrogen (secondary N) is 2. The number of nitrogens with zero attached hydrogens (tertiary/aromatic N) is 2. The van der Waals surface area contributed by atoms with Crippen molar-refractivity contribution in [3.8, 4) is 0 Å². The molecule has 2 fully saturated rings. The van der Waals surface area contributed by atoms with Gasteiger partial charge in [-0.05, 0) is 31.4 Å². The average molecular weight is 475 g/mol.